The largest absolute Gasteiger partial charge is 0.350 e. The van der Waals surface area contributed by atoms with Crippen LogP contribution in [0.15, 0.2) is 132 Å². The first-order valence-electron chi connectivity index (χ1n) is 17.3. The molecule has 2 fully saturated rings. The van der Waals surface area contributed by atoms with E-state index in [1.165, 1.54) is 29.8 Å². The summed E-state index contributed by atoms with van der Waals surface area (Å²) in [6.07, 6.45) is 2.20. The Morgan fingerprint density at radius 3 is 2.20 bits per heavy atom. The lowest BCUT2D eigenvalue weighted by atomic mass is 9.97. The van der Waals surface area contributed by atoms with Gasteiger partial charge in [-0.3, -0.25) is 29.3 Å². The van der Waals surface area contributed by atoms with Crippen molar-refractivity contribution < 1.29 is 28.4 Å². The fourth-order valence-corrected chi connectivity index (χ4v) is 8.56. The third kappa shape index (κ3) is 8.38. The zero-order valence-electron chi connectivity index (χ0n) is 28.9. The Bertz CT molecular complexity index is 2260. The van der Waals surface area contributed by atoms with Crippen molar-refractivity contribution in [2.45, 2.75) is 23.5 Å². The minimum atomic E-state index is -0.462. The Kier molecular flexibility index (Phi) is 11.2. The average Bonchev–Trinajstić information content (AvgIpc) is 3.77. The summed E-state index contributed by atoms with van der Waals surface area (Å²) in [5, 5.41) is 4.84. The monoisotopic (exact) mass is 755 g/mol. The number of benzene rings is 5. The molecule has 0 saturated carbocycles. The highest BCUT2D eigenvalue weighted by atomic mass is 32.2. The molecule has 2 heterocycles. The molecule has 5 aromatic rings. The summed E-state index contributed by atoms with van der Waals surface area (Å²) < 4.78 is 13.6. The van der Waals surface area contributed by atoms with E-state index < -0.39 is 17.0 Å². The smallest absolute Gasteiger partial charge is 0.290 e. The minimum Gasteiger partial charge on any atom is -0.350 e. The Morgan fingerprint density at radius 1 is 0.815 bits per heavy atom. The highest BCUT2D eigenvalue weighted by molar-refractivity contribution is 8.18. The second-order valence-corrected chi connectivity index (χ2v) is 15.2. The van der Waals surface area contributed by atoms with Gasteiger partial charge in [-0.2, -0.15) is 11.8 Å². The van der Waals surface area contributed by atoms with E-state index in [0.717, 1.165) is 22.9 Å². The van der Waals surface area contributed by atoms with Gasteiger partial charge in [-0.1, -0.05) is 84.9 Å². The van der Waals surface area contributed by atoms with Gasteiger partial charge in [0, 0.05) is 40.8 Å². The molecule has 2 atom stereocenters. The molecule has 54 heavy (non-hydrogen) atoms. The molecule has 0 bridgehead atoms. The summed E-state index contributed by atoms with van der Waals surface area (Å²) in [5.74, 6) is -1.24. The maximum atomic E-state index is 14.4. The van der Waals surface area contributed by atoms with Crippen LogP contribution >= 0.6 is 23.5 Å². The van der Waals surface area contributed by atoms with Crippen molar-refractivity contribution in [1.29, 1.82) is 0 Å². The fourth-order valence-electron chi connectivity index (χ4n) is 6.58. The first-order valence-corrected chi connectivity index (χ1v) is 19.2. The molecule has 0 aliphatic carbocycles. The minimum absolute atomic E-state index is 0.0458. The second kappa shape index (κ2) is 16.5. The van der Waals surface area contributed by atoms with Gasteiger partial charge in [-0.25, -0.2) is 4.39 Å². The summed E-state index contributed by atoms with van der Waals surface area (Å²) >= 11 is 2.58. The molecule has 0 aromatic heterocycles. The van der Waals surface area contributed by atoms with Gasteiger partial charge in [-0.05, 0) is 89.0 Å². The van der Waals surface area contributed by atoms with Gasteiger partial charge in [0.2, 0.25) is 0 Å². The molecule has 4 amide bonds. The van der Waals surface area contributed by atoms with Crippen LogP contribution in [0.2, 0.25) is 0 Å². The number of thioether (sulfide) groups is 2. The number of imide groups is 1. The third-order valence-corrected chi connectivity index (χ3v) is 11.4. The van der Waals surface area contributed by atoms with Crippen LogP contribution in [0, 0.1) is 5.82 Å². The maximum Gasteiger partial charge on any atom is 0.290 e. The first-order chi connectivity index (χ1) is 26.2. The second-order valence-electron chi connectivity index (χ2n) is 12.9. The Labute approximate surface area is 320 Å². The lowest BCUT2D eigenvalue weighted by Crippen LogP contribution is -2.43. The van der Waals surface area contributed by atoms with Gasteiger partial charge in [0.15, 0.2) is 5.78 Å². The molecular weight excluding hydrogens is 722 g/mol. The van der Waals surface area contributed by atoms with E-state index >= 15 is 0 Å². The van der Waals surface area contributed by atoms with Crippen LogP contribution in [-0.4, -0.2) is 58.0 Å². The summed E-state index contributed by atoms with van der Waals surface area (Å²) in [6.45, 7) is 0.592. The number of rotatable bonds is 11. The molecule has 2 N–H and O–H groups in total. The number of likely N-dealkylation sites (tertiary alicyclic amines) is 1. The molecule has 7 rings (SSSR count). The van der Waals surface area contributed by atoms with Gasteiger partial charge >= 0.3 is 0 Å². The molecule has 11 heteroatoms. The van der Waals surface area contributed by atoms with E-state index in [9.17, 15) is 28.4 Å². The van der Waals surface area contributed by atoms with Gasteiger partial charge in [0.25, 0.3) is 23.0 Å². The van der Waals surface area contributed by atoms with Crippen molar-refractivity contribution in [2.24, 2.45) is 0 Å². The number of carbonyl (C=O) groups excluding carboxylic acids is 5. The number of nitrogens with zero attached hydrogens (tertiary/aromatic N) is 1. The number of nitrogens with one attached hydrogen (secondary N) is 2. The van der Waals surface area contributed by atoms with Gasteiger partial charge in [0.05, 0.1) is 16.5 Å². The molecule has 5 aromatic carbocycles. The summed E-state index contributed by atoms with van der Waals surface area (Å²) in [6, 6.07) is 36.6. The van der Waals surface area contributed by atoms with Crippen molar-refractivity contribution in [3.05, 3.63) is 171 Å². The van der Waals surface area contributed by atoms with Crippen molar-refractivity contribution in [2.75, 3.05) is 13.1 Å². The van der Waals surface area contributed by atoms with E-state index in [4.69, 9.17) is 0 Å². The summed E-state index contributed by atoms with van der Waals surface area (Å²) in [4.78, 5) is 66.8. The Morgan fingerprint density at radius 2 is 1.48 bits per heavy atom. The standard InChI is InChI=1S/C43H34FN3O5S2/c44-32-20-18-29(19-21-32)39(48)36-12-6-7-13-37(36)42(51)47-25-34(53-26-31-10-4-5-11-35(31)28-8-2-1-3-9-28)23-33(47)24-45-40(49)30-16-14-27(15-17-30)22-38-41(50)46-43(52)54-38/h1-22,33-34H,23-26H2,(H,45,49)(H,46,50,52)/b38-22+/t33-,34+/m0/s1. The van der Waals surface area contributed by atoms with Crippen LogP contribution in [-0.2, 0) is 10.5 Å². The van der Waals surface area contributed by atoms with Crippen molar-refractivity contribution in [3.63, 3.8) is 0 Å². The lowest BCUT2D eigenvalue weighted by molar-refractivity contribution is -0.115. The van der Waals surface area contributed by atoms with Crippen molar-refractivity contribution >= 4 is 58.3 Å². The first kappa shape index (κ1) is 36.6. The summed E-state index contributed by atoms with van der Waals surface area (Å²) in [5.41, 5.74) is 5.24. The predicted molar refractivity (Wildman–Crippen MR) is 211 cm³/mol. The predicted octanol–water partition coefficient (Wildman–Crippen LogP) is 7.99. The van der Waals surface area contributed by atoms with E-state index in [1.807, 2.05) is 30.3 Å². The molecule has 0 spiro atoms. The number of amides is 4. The van der Waals surface area contributed by atoms with E-state index in [0.29, 0.717) is 29.8 Å². The maximum absolute atomic E-state index is 14.4. The van der Waals surface area contributed by atoms with Gasteiger partial charge < -0.3 is 10.2 Å². The molecule has 2 aliphatic heterocycles. The highest BCUT2D eigenvalue weighted by Crippen LogP contribution is 2.34. The van der Waals surface area contributed by atoms with Crippen LogP contribution in [0.1, 0.15) is 54.2 Å². The number of hydrogen-bond acceptors (Lipinski definition) is 7. The van der Waals surface area contributed by atoms with Crippen LogP contribution in [0.25, 0.3) is 17.2 Å². The van der Waals surface area contributed by atoms with Crippen LogP contribution in [0.3, 0.4) is 0 Å². The molecule has 8 nitrogen and oxygen atoms in total. The van der Waals surface area contributed by atoms with Crippen molar-refractivity contribution in [1.82, 2.24) is 15.5 Å². The zero-order chi connectivity index (χ0) is 37.6. The zero-order valence-corrected chi connectivity index (χ0v) is 30.5. The van der Waals surface area contributed by atoms with Crippen LogP contribution < -0.4 is 10.6 Å². The fraction of sp³-hybridized carbons (Fsp3) is 0.140. The third-order valence-electron chi connectivity index (χ3n) is 9.33. The van der Waals surface area contributed by atoms with Crippen molar-refractivity contribution in [3.8, 4) is 11.1 Å². The summed E-state index contributed by atoms with van der Waals surface area (Å²) in [7, 11) is 0. The lowest BCUT2D eigenvalue weighted by Gasteiger charge is -2.26. The Hall–Kier alpha value is -5.78. The molecule has 0 unspecified atom stereocenters. The van der Waals surface area contributed by atoms with Crippen LogP contribution in [0.5, 0.6) is 0 Å². The molecule has 2 aliphatic rings. The number of hydrogen-bond donors (Lipinski definition) is 2. The van der Waals surface area contributed by atoms with Crippen LogP contribution in [0.4, 0.5) is 9.18 Å². The normalized spacial score (nSPS) is 17.4. The van der Waals surface area contributed by atoms with E-state index in [-0.39, 0.29) is 57.0 Å². The molecule has 2 saturated heterocycles. The van der Waals surface area contributed by atoms with Gasteiger partial charge in [-0.15, -0.1) is 0 Å². The quantitative estimate of drug-likeness (QED) is 0.104. The van der Waals surface area contributed by atoms with E-state index in [1.54, 1.807) is 71.3 Å². The van der Waals surface area contributed by atoms with Gasteiger partial charge in [0.1, 0.15) is 5.82 Å². The number of halogens is 1. The average molecular weight is 756 g/mol. The molecular formula is C43H34FN3O5S2. The highest BCUT2D eigenvalue weighted by Gasteiger charge is 2.37. The number of carbonyl (C=O) groups is 5. The molecule has 0 radical (unpaired) electrons. The Balaban J connectivity index is 1.10. The number of ketones is 1. The molecule has 270 valence electrons. The van der Waals surface area contributed by atoms with E-state index in [2.05, 4.69) is 34.9 Å². The topological polar surface area (TPSA) is 113 Å². The SMILES string of the molecule is O=C1NC(=O)/C(=C\c2ccc(C(=O)NC[C@@H]3C[C@@H](SCc4ccccc4-c4ccccc4)CN3C(=O)c3ccccc3C(=O)c3ccc(F)cc3)cc2)S1.